The minimum Gasteiger partial charge on any atom is -0.344 e. The molecule has 0 aliphatic carbocycles. The highest BCUT2D eigenvalue weighted by molar-refractivity contribution is 9.10. The summed E-state index contributed by atoms with van der Waals surface area (Å²) in [7, 11) is 1.87. The molecule has 5 nitrogen and oxygen atoms in total. The number of nitrogens with one attached hydrogen (secondary N) is 1. The van der Waals surface area contributed by atoms with Gasteiger partial charge in [-0.3, -0.25) is 9.48 Å². The molecule has 1 unspecified atom stereocenters. The molecule has 106 valence electrons. The first kappa shape index (κ1) is 14.5. The van der Waals surface area contributed by atoms with Gasteiger partial charge in [0.2, 0.25) is 5.91 Å². The summed E-state index contributed by atoms with van der Waals surface area (Å²) in [5, 5.41) is 8.02. The van der Waals surface area contributed by atoms with Gasteiger partial charge in [0, 0.05) is 39.1 Å². The van der Waals surface area contributed by atoms with Crippen molar-refractivity contribution in [1.29, 1.82) is 0 Å². The monoisotopic (exact) mass is 328 g/mol. The summed E-state index contributed by atoms with van der Waals surface area (Å²) < 4.78 is 3.10. The third-order valence-electron chi connectivity index (χ3n) is 3.64. The van der Waals surface area contributed by atoms with Crippen LogP contribution in [0.5, 0.6) is 0 Å². The first-order valence-electron chi connectivity index (χ1n) is 6.72. The maximum atomic E-state index is 11.4. The van der Waals surface area contributed by atoms with E-state index in [-0.39, 0.29) is 5.91 Å². The van der Waals surface area contributed by atoms with Crippen LogP contribution in [0, 0.1) is 6.92 Å². The molecule has 1 amide bonds. The number of hydrogen-bond donors (Lipinski definition) is 1. The van der Waals surface area contributed by atoms with Crippen LogP contribution in [0.3, 0.4) is 0 Å². The third kappa shape index (κ3) is 3.17. The Labute approximate surface area is 122 Å². The maximum Gasteiger partial charge on any atom is 0.222 e. The summed E-state index contributed by atoms with van der Waals surface area (Å²) in [6.07, 6.45) is 1.56. The summed E-state index contributed by atoms with van der Waals surface area (Å²) in [5.74, 6) is 0.244. The van der Waals surface area contributed by atoms with Gasteiger partial charge in [-0.2, -0.15) is 5.10 Å². The summed E-state index contributed by atoms with van der Waals surface area (Å²) >= 11 is 3.60. The SMILES string of the molecule is CCn1nc(C)c(Br)c1CNC1CCC(=O)N(C)C1. The van der Waals surface area contributed by atoms with Crippen molar-refractivity contribution in [3.05, 3.63) is 15.9 Å². The lowest BCUT2D eigenvalue weighted by atomic mass is 10.1. The molecular weight excluding hydrogens is 308 g/mol. The van der Waals surface area contributed by atoms with Crippen molar-refractivity contribution in [2.24, 2.45) is 0 Å². The molecule has 19 heavy (non-hydrogen) atoms. The molecule has 6 heteroatoms. The van der Waals surface area contributed by atoms with E-state index in [4.69, 9.17) is 0 Å². The highest BCUT2D eigenvalue weighted by Gasteiger charge is 2.23. The van der Waals surface area contributed by atoms with Gasteiger partial charge in [-0.25, -0.2) is 0 Å². The van der Waals surface area contributed by atoms with Gasteiger partial charge in [0.1, 0.15) is 0 Å². The second-order valence-corrected chi connectivity index (χ2v) is 5.85. The van der Waals surface area contributed by atoms with Crippen molar-refractivity contribution in [2.75, 3.05) is 13.6 Å². The average Bonchev–Trinajstić information content (AvgIpc) is 2.67. The summed E-state index contributed by atoms with van der Waals surface area (Å²) in [6, 6.07) is 0.370. The smallest absolute Gasteiger partial charge is 0.222 e. The minimum atomic E-state index is 0.244. The highest BCUT2D eigenvalue weighted by Crippen LogP contribution is 2.21. The molecule has 1 fully saturated rings. The summed E-state index contributed by atoms with van der Waals surface area (Å²) in [4.78, 5) is 13.3. The topological polar surface area (TPSA) is 50.2 Å². The number of likely N-dealkylation sites (tertiary alicyclic amines) is 1. The molecule has 2 rings (SSSR count). The second-order valence-electron chi connectivity index (χ2n) is 5.05. The predicted octanol–water partition coefficient (Wildman–Crippen LogP) is 1.68. The van der Waals surface area contributed by atoms with Crippen molar-refractivity contribution in [3.8, 4) is 0 Å². The van der Waals surface area contributed by atoms with Crippen molar-refractivity contribution in [1.82, 2.24) is 20.0 Å². The van der Waals surface area contributed by atoms with Gasteiger partial charge in [0.05, 0.1) is 15.9 Å². The Kier molecular flexibility index (Phi) is 4.62. The van der Waals surface area contributed by atoms with E-state index in [1.165, 1.54) is 5.69 Å². The number of carbonyl (C=O) groups excluding carboxylic acids is 1. The molecule has 1 aliphatic heterocycles. The van der Waals surface area contributed by atoms with Crippen LogP contribution in [0.15, 0.2) is 4.47 Å². The molecular formula is C13H21BrN4O. The standard InChI is InChI=1S/C13H21BrN4O/c1-4-18-11(13(14)9(2)16-18)7-15-10-5-6-12(19)17(3)8-10/h10,15H,4-8H2,1-3H3. The van der Waals surface area contributed by atoms with E-state index in [9.17, 15) is 4.79 Å². The lowest BCUT2D eigenvalue weighted by Crippen LogP contribution is -2.46. The van der Waals surface area contributed by atoms with Crippen LogP contribution in [0.4, 0.5) is 0 Å². The molecule has 1 aromatic rings. The van der Waals surface area contributed by atoms with E-state index in [0.29, 0.717) is 12.5 Å². The van der Waals surface area contributed by atoms with Crippen LogP contribution in [-0.2, 0) is 17.9 Å². The molecule has 0 bridgehead atoms. The third-order valence-corrected chi connectivity index (χ3v) is 4.67. The van der Waals surface area contributed by atoms with Crippen molar-refractivity contribution in [3.63, 3.8) is 0 Å². The molecule has 1 N–H and O–H groups in total. The second kappa shape index (κ2) is 6.05. The van der Waals surface area contributed by atoms with Crippen LogP contribution in [0.25, 0.3) is 0 Å². The maximum absolute atomic E-state index is 11.4. The van der Waals surface area contributed by atoms with E-state index in [1.807, 2.05) is 18.7 Å². The van der Waals surface area contributed by atoms with E-state index in [0.717, 1.165) is 36.2 Å². The van der Waals surface area contributed by atoms with Crippen LogP contribution < -0.4 is 5.32 Å². The Bertz CT molecular complexity index is 471. The van der Waals surface area contributed by atoms with Crippen LogP contribution in [0.1, 0.15) is 31.2 Å². The van der Waals surface area contributed by atoms with Crippen molar-refractivity contribution >= 4 is 21.8 Å². The molecule has 0 saturated carbocycles. The largest absolute Gasteiger partial charge is 0.344 e. The van der Waals surface area contributed by atoms with Gasteiger partial charge in [0.25, 0.3) is 0 Å². The van der Waals surface area contributed by atoms with Gasteiger partial charge in [0.15, 0.2) is 0 Å². The zero-order valence-corrected chi connectivity index (χ0v) is 13.3. The van der Waals surface area contributed by atoms with Gasteiger partial charge < -0.3 is 10.2 Å². The Morgan fingerprint density at radius 1 is 1.53 bits per heavy atom. The predicted molar refractivity (Wildman–Crippen MR) is 77.8 cm³/mol. The highest BCUT2D eigenvalue weighted by atomic mass is 79.9. The molecule has 1 atom stereocenters. The molecule has 0 spiro atoms. The molecule has 1 aromatic heterocycles. The quantitative estimate of drug-likeness (QED) is 0.914. The number of hydrogen-bond acceptors (Lipinski definition) is 3. The van der Waals surface area contributed by atoms with E-state index in [1.54, 1.807) is 4.90 Å². The number of rotatable bonds is 4. The Morgan fingerprint density at radius 2 is 2.26 bits per heavy atom. The fourth-order valence-corrected chi connectivity index (χ4v) is 2.88. The number of piperidine rings is 1. The molecule has 1 aliphatic rings. The number of aromatic nitrogens is 2. The molecule has 0 radical (unpaired) electrons. The number of aryl methyl sites for hydroxylation is 2. The average molecular weight is 329 g/mol. The zero-order chi connectivity index (χ0) is 14.0. The number of likely N-dealkylation sites (N-methyl/N-ethyl adjacent to an activating group) is 1. The molecule has 0 aromatic carbocycles. The molecule has 1 saturated heterocycles. The van der Waals surface area contributed by atoms with Gasteiger partial charge in [-0.15, -0.1) is 0 Å². The molecule has 2 heterocycles. The fourth-order valence-electron chi connectivity index (χ4n) is 2.46. The lowest BCUT2D eigenvalue weighted by Gasteiger charge is -2.30. The van der Waals surface area contributed by atoms with Crippen LogP contribution in [0.2, 0.25) is 0 Å². The summed E-state index contributed by atoms with van der Waals surface area (Å²) in [6.45, 7) is 6.53. The van der Waals surface area contributed by atoms with E-state index in [2.05, 4.69) is 33.3 Å². The first-order valence-corrected chi connectivity index (χ1v) is 7.51. The minimum absolute atomic E-state index is 0.244. The Morgan fingerprint density at radius 3 is 2.89 bits per heavy atom. The Hall–Kier alpha value is -0.880. The van der Waals surface area contributed by atoms with Crippen LogP contribution >= 0.6 is 15.9 Å². The van der Waals surface area contributed by atoms with Crippen molar-refractivity contribution < 1.29 is 4.79 Å². The number of nitrogens with zero attached hydrogens (tertiary/aromatic N) is 3. The van der Waals surface area contributed by atoms with Gasteiger partial charge in [-0.05, 0) is 36.2 Å². The summed E-state index contributed by atoms with van der Waals surface area (Å²) in [5.41, 5.74) is 2.20. The lowest BCUT2D eigenvalue weighted by molar-refractivity contribution is -0.132. The normalized spacial score (nSPS) is 20.1. The first-order chi connectivity index (χ1) is 9.02. The van der Waals surface area contributed by atoms with E-state index < -0.39 is 0 Å². The van der Waals surface area contributed by atoms with E-state index >= 15 is 0 Å². The van der Waals surface area contributed by atoms with Crippen LogP contribution in [-0.4, -0.2) is 40.2 Å². The van der Waals surface area contributed by atoms with Crippen molar-refractivity contribution in [2.45, 2.75) is 45.8 Å². The van der Waals surface area contributed by atoms with Gasteiger partial charge in [-0.1, -0.05) is 0 Å². The number of halogens is 1. The fraction of sp³-hybridized carbons (Fsp3) is 0.692. The van der Waals surface area contributed by atoms with Gasteiger partial charge >= 0.3 is 0 Å². The zero-order valence-electron chi connectivity index (χ0n) is 11.7. The Balaban J connectivity index is 1.97. The number of amides is 1. The number of carbonyl (C=O) groups is 1.